The average Bonchev–Trinajstić information content (AvgIpc) is 4.10. The number of rotatable bonds is 7. The summed E-state index contributed by atoms with van der Waals surface area (Å²) in [5.41, 5.74) is 14.5. The van der Waals surface area contributed by atoms with Gasteiger partial charge in [0.25, 0.3) is 0 Å². The molecule has 0 N–H and O–H groups in total. The summed E-state index contributed by atoms with van der Waals surface area (Å²) in [6.45, 7) is 0. The van der Waals surface area contributed by atoms with Crippen molar-refractivity contribution in [1.29, 1.82) is 0 Å². The molecule has 0 aliphatic rings. The Morgan fingerprint density at radius 3 is 1.14 bits per heavy atom. The smallest absolute Gasteiger partial charge is 0.164 e. The summed E-state index contributed by atoms with van der Waals surface area (Å²) in [7, 11) is 0. The quantitative estimate of drug-likeness (QED) is 0.160. The minimum atomic E-state index is 0.624. The van der Waals surface area contributed by atoms with Crippen molar-refractivity contribution in [1.82, 2.24) is 24.1 Å². The van der Waals surface area contributed by atoms with Gasteiger partial charge in [0.15, 0.2) is 17.5 Å². The summed E-state index contributed by atoms with van der Waals surface area (Å²) < 4.78 is 7.46. The monoisotopic (exact) mass is 897 g/mol. The molecule has 69 heavy (non-hydrogen) atoms. The fraction of sp³-hybridized carbons (Fsp3) is 0. The Labute approximate surface area is 401 Å². The van der Waals surface area contributed by atoms with E-state index in [1.54, 1.807) is 0 Å². The Kier molecular flexibility index (Phi) is 9.00. The van der Waals surface area contributed by atoms with Crippen LogP contribution in [0.4, 0.5) is 0 Å². The number of nitrogens with zero attached hydrogens (tertiary/aromatic N) is 5. The first kappa shape index (κ1) is 39.2. The Balaban J connectivity index is 0.938. The molecule has 0 bridgehead atoms. The fourth-order valence-corrected chi connectivity index (χ4v) is 11.7. The third-order valence-corrected chi connectivity index (χ3v) is 14.8. The number of benzene rings is 10. The van der Waals surface area contributed by atoms with Crippen LogP contribution in [0.2, 0.25) is 0 Å². The Hall–Kier alpha value is -8.97. The molecule has 14 rings (SSSR count). The predicted molar refractivity (Wildman–Crippen MR) is 289 cm³/mol. The maximum atomic E-state index is 5.15. The lowest BCUT2D eigenvalue weighted by Crippen LogP contribution is -2.00. The maximum Gasteiger partial charge on any atom is 0.164 e. The van der Waals surface area contributed by atoms with Crippen molar-refractivity contribution in [3.63, 3.8) is 0 Å². The fourth-order valence-electron chi connectivity index (χ4n) is 10.3. The van der Waals surface area contributed by atoms with Crippen molar-refractivity contribution in [3.05, 3.63) is 237 Å². The molecule has 0 atom stereocenters. The lowest BCUT2D eigenvalue weighted by molar-refractivity contribution is 1.07. The number of aromatic nitrogens is 5. The molecule has 0 saturated heterocycles. The highest BCUT2D eigenvalue weighted by atomic mass is 32.1. The van der Waals surface area contributed by atoms with Crippen LogP contribution < -0.4 is 0 Å². The molecule has 0 unspecified atom stereocenters. The molecule has 6 heteroatoms. The first-order valence-corrected chi connectivity index (χ1v) is 24.1. The molecular formula is C63H39N5S. The second-order valence-corrected chi connectivity index (χ2v) is 18.6. The van der Waals surface area contributed by atoms with Gasteiger partial charge < -0.3 is 9.13 Å². The van der Waals surface area contributed by atoms with Crippen LogP contribution in [0, 0.1) is 0 Å². The zero-order chi connectivity index (χ0) is 45.4. The van der Waals surface area contributed by atoms with Crippen LogP contribution in [0.15, 0.2) is 237 Å². The number of thiophene rings is 1. The van der Waals surface area contributed by atoms with Crippen molar-refractivity contribution >= 4 is 75.1 Å². The topological polar surface area (TPSA) is 48.5 Å². The third-order valence-electron chi connectivity index (χ3n) is 13.6. The van der Waals surface area contributed by atoms with E-state index in [1.165, 1.54) is 69.4 Å². The van der Waals surface area contributed by atoms with Crippen molar-refractivity contribution in [2.75, 3.05) is 0 Å². The van der Waals surface area contributed by atoms with Gasteiger partial charge in [-0.3, -0.25) is 0 Å². The Morgan fingerprint density at radius 2 is 0.623 bits per heavy atom. The van der Waals surface area contributed by atoms with Gasteiger partial charge in [0.2, 0.25) is 0 Å². The molecule has 0 spiro atoms. The van der Waals surface area contributed by atoms with Gasteiger partial charge in [0, 0.05) is 60.4 Å². The van der Waals surface area contributed by atoms with E-state index in [2.05, 4.69) is 221 Å². The molecule has 0 aliphatic carbocycles. The minimum Gasteiger partial charge on any atom is -0.308 e. The number of hydrogen-bond donors (Lipinski definition) is 0. The SMILES string of the molecule is c1ccc(-c2ccc(-n3c4ccccc4c4ccc5c6ccc7c8ccccc8n(-c8ccc(-c9nc(-c%10ccccc%10)nc(-c%10cccc(-c%11ccccc%11)c%10)n9)cc8)c7c6sc5c43)cc2)cc1. The summed E-state index contributed by atoms with van der Waals surface area (Å²) in [6, 6.07) is 84.3. The van der Waals surface area contributed by atoms with E-state index in [-0.39, 0.29) is 0 Å². The Morgan fingerprint density at radius 1 is 0.261 bits per heavy atom. The van der Waals surface area contributed by atoms with E-state index in [4.69, 9.17) is 15.0 Å². The molecule has 0 saturated carbocycles. The van der Waals surface area contributed by atoms with Crippen LogP contribution in [-0.2, 0) is 0 Å². The first-order chi connectivity index (χ1) is 34.2. The largest absolute Gasteiger partial charge is 0.308 e. The second kappa shape index (κ2) is 15.8. The van der Waals surface area contributed by atoms with Crippen LogP contribution in [0.3, 0.4) is 0 Å². The van der Waals surface area contributed by atoms with E-state index < -0.39 is 0 Å². The highest BCUT2D eigenvalue weighted by molar-refractivity contribution is 7.27. The summed E-state index contributed by atoms with van der Waals surface area (Å²) in [4.78, 5) is 15.3. The van der Waals surface area contributed by atoms with Crippen molar-refractivity contribution in [2.24, 2.45) is 0 Å². The zero-order valence-electron chi connectivity index (χ0n) is 37.2. The standard InChI is InChI=1S/C63H39N5S/c1-4-15-40(16-5-1)42-27-31-47(32-28-42)67-55-25-12-10-23-49(55)51-35-37-53-54-38-36-52-50-24-11-13-26-56(50)68(58(52)60(54)69-59(53)57(51)67)48-33-29-44(30-34-48)62-64-61(43-19-8-3-9-20-43)65-63(66-62)46-22-14-21-45(39-46)41-17-6-2-7-18-41/h1-39H. The van der Waals surface area contributed by atoms with E-state index in [0.29, 0.717) is 17.5 Å². The molecule has 14 aromatic rings. The molecular weight excluding hydrogens is 859 g/mol. The molecule has 0 fully saturated rings. The molecule has 5 nitrogen and oxygen atoms in total. The van der Waals surface area contributed by atoms with Crippen molar-refractivity contribution in [2.45, 2.75) is 0 Å². The lowest BCUT2D eigenvalue weighted by atomic mass is 10.0. The van der Waals surface area contributed by atoms with E-state index >= 15 is 0 Å². The molecule has 4 aromatic heterocycles. The predicted octanol–water partition coefficient (Wildman–Crippen LogP) is 16.8. The van der Waals surface area contributed by atoms with Crippen LogP contribution in [0.1, 0.15) is 0 Å². The van der Waals surface area contributed by atoms with E-state index in [1.807, 2.05) is 35.6 Å². The number of fused-ring (bicyclic) bond motifs is 11. The molecule has 0 amide bonds. The summed E-state index contributed by atoms with van der Waals surface area (Å²) in [5.74, 6) is 1.89. The van der Waals surface area contributed by atoms with Crippen LogP contribution >= 0.6 is 11.3 Å². The molecule has 322 valence electrons. The minimum absolute atomic E-state index is 0.624. The Bertz CT molecular complexity index is 4270. The highest BCUT2D eigenvalue weighted by Crippen LogP contribution is 2.47. The van der Waals surface area contributed by atoms with Crippen LogP contribution in [0.5, 0.6) is 0 Å². The summed E-state index contributed by atoms with van der Waals surface area (Å²) >= 11 is 1.90. The molecule has 10 aromatic carbocycles. The van der Waals surface area contributed by atoms with E-state index in [9.17, 15) is 0 Å². The number of para-hydroxylation sites is 2. The van der Waals surface area contributed by atoms with Gasteiger partial charge in [-0.2, -0.15) is 0 Å². The summed E-state index contributed by atoms with van der Waals surface area (Å²) in [5, 5.41) is 7.47. The van der Waals surface area contributed by atoms with Gasteiger partial charge in [0.1, 0.15) is 0 Å². The third kappa shape index (κ3) is 6.41. The van der Waals surface area contributed by atoms with Gasteiger partial charge in [-0.05, 0) is 76.9 Å². The molecule has 0 aliphatic heterocycles. The summed E-state index contributed by atoms with van der Waals surface area (Å²) in [6.07, 6.45) is 0. The molecule has 0 radical (unpaired) electrons. The van der Waals surface area contributed by atoms with Crippen molar-refractivity contribution < 1.29 is 0 Å². The van der Waals surface area contributed by atoms with Gasteiger partial charge >= 0.3 is 0 Å². The lowest BCUT2D eigenvalue weighted by Gasteiger charge is -2.11. The van der Waals surface area contributed by atoms with Gasteiger partial charge in [-0.15, -0.1) is 11.3 Å². The van der Waals surface area contributed by atoms with Crippen LogP contribution in [-0.4, -0.2) is 24.1 Å². The molecule has 4 heterocycles. The van der Waals surface area contributed by atoms with Crippen molar-refractivity contribution in [3.8, 4) is 67.8 Å². The highest BCUT2D eigenvalue weighted by Gasteiger charge is 2.22. The number of hydrogen-bond acceptors (Lipinski definition) is 4. The van der Waals surface area contributed by atoms with Gasteiger partial charge in [-0.25, -0.2) is 15.0 Å². The zero-order valence-corrected chi connectivity index (χ0v) is 38.0. The van der Waals surface area contributed by atoms with E-state index in [0.717, 1.165) is 44.7 Å². The average molecular weight is 898 g/mol. The van der Waals surface area contributed by atoms with Gasteiger partial charge in [0.05, 0.1) is 31.5 Å². The normalized spacial score (nSPS) is 11.8. The van der Waals surface area contributed by atoms with Crippen LogP contribution in [0.25, 0.3) is 132 Å². The van der Waals surface area contributed by atoms with Gasteiger partial charge in [-0.1, -0.05) is 182 Å². The maximum absolute atomic E-state index is 5.15. The first-order valence-electron chi connectivity index (χ1n) is 23.3. The second-order valence-electron chi connectivity index (χ2n) is 17.6.